The van der Waals surface area contributed by atoms with Gasteiger partial charge < -0.3 is 14.8 Å². The molecule has 34 heavy (non-hydrogen) atoms. The fraction of sp³-hybridized carbons (Fsp3) is 0.333. The molecule has 8 nitrogen and oxygen atoms in total. The molecule has 3 aromatic rings. The minimum atomic E-state index is -0.538. The van der Waals surface area contributed by atoms with Gasteiger partial charge in [-0.05, 0) is 37.3 Å². The molecule has 0 saturated heterocycles. The number of amides is 1. The lowest BCUT2D eigenvalue weighted by atomic mass is 10.00. The van der Waals surface area contributed by atoms with Crippen molar-refractivity contribution in [1.82, 2.24) is 20.1 Å². The minimum absolute atomic E-state index is 0.118. The number of hydrogen-bond donors (Lipinski definition) is 2. The van der Waals surface area contributed by atoms with Crippen LogP contribution in [0, 0.1) is 6.92 Å². The maximum absolute atomic E-state index is 12.8. The molecule has 1 aromatic heterocycles. The van der Waals surface area contributed by atoms with Crippen LogP contribution >= 0.6 is 24.2 Å². The molecule has 0 fully saturated rings. The van der Waals surface area contributed by atoms with E-state index in [0.29, 0.717) is 47.9 Å². The number of thiol groups is 1. The van der Waals surface area contributed by atoms with Crippen LogP contribution in [0.5, 0.6) is 5.75 Å². The summed E-state index contributed by atoms with van der Waals surface area (Å²) in [6, 6.07) is 12.7. The minimum Gasteiger partial charge on any atom is -0.497 e. The maximum Gasteiger partial charge on any atom is 0.222 e. The molecule has 1 aliphatic heterocycles. The van der Waals surface area contributed by atoms with Crippen LogP contribution in [0.1, 0.15) is 35.2 Å². The Bertz CT molecular complexity index is 1200. The van der Waals surface area contributed by atoms with Crippen LogP contribution in [0.15, 0.2) is 47.5 Å². The smallest absolute Gasteiger partial charge is 0.222 e. The van der Waals surface area contributed by atoms with Crippen molar-refractivity contribution < 1.29 is 14.3 Å². The molecule has 0 bridgehead atoms. The highest BCUT2D eigenvalue weighted by Crippen LogP contribution is 2.34. The van der Waals surface area contributed by atoms with Gasteiger partial charge >= 0.3 is 0 Å². The molecule has 4 rings (SSSR count). The molecule has 178 valence electrons. The van der Waals surface area contributed by atoms with E-state index in [1.165, 1.54) is 0 Å². The van der Waals surface area contributed by atoms with Crippen LogP contribution in [-0.2, 0) is 9.53 Å². The molecule has 0 spiro atoms. The highest BCUT2D eigenvalue weighted by atomic mass is 35.5. The van der Waals surface area contributed by atoms with Crippen molar-refractivity contribution in [3.05, 3.63) is 70.3 Å². The first-order valence-corrected chi connectivity index (χ1v) is 11.9. The molecule has 2 aromatic carbocycles. The van der Waals surface area contributed by atoms with Crippen molar-refractivity contribution in [2.45, 2.75) is 19.4 Å². The average Bonchev–Trinajstić information content (AvgIpc) is 3.16. The van der Waals surface area contributed by atoms with Crippen molar-refractivity contribution in [2.24, 2.45) is 4.99 Å². The number of nitrogens with one attached hydrogen (secondary N) is 1. The first kappa shape index (κ1) is 24.3. The summed E-state index contributed by atoms with van der Waals surface area (Å²) in [5.41, 5.74) is 3.33. The van der Waals surface area contributed by atoms with Crippen molar-refractivity contribution in [1.29, 1.82) is 0 Å². The van der Waals surface area contributed by atoms with Crippen LogP contribution in [0.3, 0.4) is 0 Å². The summed E-state index contributed by atoms with van der Waals surface area (Å²) in [5, 5.41) is 12.2. The van der Waals surface area contributed by atoms with Crippen LogP contribution in [0.2, 0.25) is 5.02 Å². The van der Waals surface area contributed by atoms with E-state index in [1.54, 1.807) is 7.11 Å². The topological polar surface area (TPSA) is 90.6 Å². The van der Waals surface area contributed by atoms with E-state index < -0.39 is 6.04 Å². The number of fused-ring (bicyclic) bond motifs is 3. The molecule has 0 saturated carbocycles. The molecule has 1 aliphatic rings. The molecule has 1 N–H and O–H groups in total. The first-order valence-electron chi connectivity index (χ1n) is 10.9. The fourth-order valence-electron chi connectivity index (χ4n) is 3.85. The Morgan fingerprint density at radius 3 is 2.71 bits per heavy atom. The maximum atomic E-state index is 12.8. The monoisotopic (exact) mass is 499 g/mol. The number of aryl methyl sites for hydroxylation is 1. The molecule has 0 aliphatic carbocycles. The molecule has 1 unspecified atom stereocenters. The highest BCUT2D eigenvalue weighted by Gasteiger charge is 2.30. The summed E-state index contributed by atoms with van der Waals surface area (Å²) < 4.78 is 12.8. The number of carbonyl (C=O) groups is 1. The van der Waals surface area contributed by atoms with Crippen LogP contribution in [0.25, 0.3) is 5.69 Å². The van der Waals surface area contributed by atoms with Crippen LogP contribution < -0.4 is 10.1 Å². The predicted molar refractivity (Wildman–Crippen MR) is 135 cm³/mol. The van der Waals surface area contributed by atoms with Gasteiger partial charge in [-0.25, -0.2) is 0 Å². The lowest BCUT2D eigenvalue weighted by Gasteiger charge is -2.14. The third-order valence-electron chi connectivity index (χ3n) is 5.43. The van der Waals surface area contributed by atoms with Crippen molar-refractivity contribution in [2.75, 3.05) is 32.6 Å². The van der Waals surface area contributed by atoms with Gasteiger partial charge in [-0.15, -0.1) is 10.2 Å². The number of aliphatic imine (C=N–C) groups is 1. The fourth-order valence-corrected chi connectivity index (χ4v) is 4.11. The molecule has 1 atom stereocenters. The summed E-state index contributed by atoms with van der Waals surface area (Å²) in [5.74, 6) is 2.51. The predicted octanol–water partition coefficient (Wildman–Crippen LogP) is 3.58. The van der Waals surface area contributed by atoms with Gasteiger partial charge in [-0.2, -0.15) is 12.6 Å². The summed E-state index contributed by atoms with van der Waals surface area (Å²) >= 11 is 10.2. The largest absolute Gasteiger partial charge is 0.497 e. The number of ether oxygens (including phenoxy) is 2. The van der Waals surface area contributed by atoms with Gasteiger partial charge in [0.1, 0.15) is 17.6 Å². The Morgan fingerprint density at radius 1 is 1.18 bits per heavy atom. The Labute approximate surface area is 208 Å². The Morgan fingerprint density at radius 2 is 1.97 bits per heavy atom. The van der Waals surface area contributed by atoms with Crippen LogP contribution in [-0.4, -0.2) is 59.0 Å². The normalized spacial score (nSPS) is 14.6. The number of halogens is 1. The van der Waals surface area contributed by atoms with E-state index >= 15 is 0 Å². The lowest BCUT2D eigenvalue weighted by Crippen LogP contribution is -2.29. The van der Waals surface area contributed by atoms with E-state index in [4.69, 9.17) is 26.1 Å². The Kier molecular flexibility index (Phi) is 7.87. The molecule has 10 heteroatoms. The summed E-state index contributed by atoms with van der Waals surface area (Å²) in [4.78, 5) is 17.8. The molecule has 0 radical (unpaired) electrons. The van der Waals surface area contributed by atoms with Gasteiger partial charge in [0.05, 0.1) is 38.1 Å². The third-order valence-corrected chi connectivity index (χ3v) is 5.87. The molecule has 1 amide bonds. The van der Waals surface area contributed by atoms with Gasteiger partial charge in [0.2, 0.25) is 5.91 Å². The summed E-state index contributed by atoms with van der Waals surface area (Å²) in [7, 11) is 1.63. The molecular formula is C24H26ClN5O3S. The van der Waals surface area contributed by atoms with E-state index in [9.17, 15) is 4.79 Å². The number of hydrogen-bond acceptors (Lipinski definition) is 7. The number of methoxy groups -OCH3 is 1. The number of benzene rings is 2. The number of rotatable bonds is 9. The number of aromatic nitrogens is 3. The zero-order valence-corrected chi connectivity index (χ0v) is 20.6. The average molecular weight is 500 g/mol. The van der Waals surface area contributed by atoms with Gasteiger partial charge in [0.15, 0.2) is 5.82 Å². The van der Waals surface area contributed by atoms with E-state index in [1.807, 2.05) is 54.0 Å². The quantitative estimate of drug-likeness (QED) is 0.347. The third kappa shape index (κ3) is 5.27. The van der Waals surface area contributed by atoms with E-state index in [0.717, 1.165) is 22.5 Å². The summed E-state index contributed by atoms with van der Waals surface area (Å²) in [6.45, 7) is 3.27. The van der Waals surface area contributed by atoms with Gasteiger partial charge in [-0.3, -0.25) is 14.4 Å². The van der Waals surface area contributed by atoms with Crippen molar-refractivity contribution in [3.8, 4) is 11.4 Å². The van der Waals surface area contributed by atoms with Gasteiger partial charge in [-0.1, -0.05) is 23.7 Å². The second-order valence-electron chi connectivity index (χ2n) is 7.71. The second-order valence-corrected chi connectivity index (χ2v) is 8.60. The van der Waals surface area contributed by atoms with Gasteiger partial charge in [0.25, 0.3) is 0 Å². The zero-order valence-electron chi connectivity index (χ0n) is 19.0. The van der Waals surface area contributed by atoms with E-state index in [-0.39, 0.29) is 12.3 Å². The molecular weight excluding hydrogens is 474 g/mol. The zero-order chi connectivity index (χ0) is 24.1. The SMILES string of the molecule is COc1ccc2c(c1)C(c1ccc(Cl)cc1)=NC(CC(=O)NCCOCCS)c1nnc(C)n1-2. The Balaban J connectivity index is 1.74. The number of carbonyl (C=O) groups excluding carboxylic acids is 1. The van der Waals surface area contributed by atoms with E-state index in [2.05, 4.69) is 28.1 Å². The van der Waals surface area contributed by atoms with Crippen molar-refractivity contribution in [3.63, 3.8) is 0 Å². The standard InChI is InChI=1S/C24H26ClN5O3S/c1-15-28-29-24-20(14-22(31)26-9-10-33-11-12-34)27-23(16-3-5-17(25)6-4-16)19-13-18(32-2)7-8-21(19)30(15)24/h3-8,13,20,34H,9-12,14H2,1-2H3,(H,26,31). The lowest BCUT2D eigenvalue weighted by molar-refractivity contribution is -0.121. The second kappa shape index (κ2) is 11.0. The summed E-state index contributed by atoms with van der Waals surface area (Å²) in [6.07, 6.45) is 0.118. The number of nitrogens with zero attached hydrogens (tertiary/aromatic N) is 4. The Hall–Kier alpha value is -2.88. The van der Waals surface area contributed by atoms with Gasteiger partial charge in [0, 0.05) is 28.4 Å². The van der Waals surface area contributed by atoms with Crippen LogP contribution in [0.4, 0.5) is 0 Å². The van der Waals surface area contributed by atoms with Crippen molar-refractivity contribution >= 4 is 35.8 Å². The molecule has 2 heterocycles. The first-order chi connectivity index (χ1) is 16.5. The highest BCUT2D eigenvalue weighted by molar-refractivity contribution is 7.80.